The van der Waals surface area contributed by atoms with Crippen molar-refractivity contribution >= 4 is 5.78 Å². The summed E-state index contributed by atoms with van der Waals surface area (Å²) in [7, 11) is 1.58. The molecule has 0 heterocycles. The van der Waals surface area contributed by atoms with Crippen molar-refractivity contribution in [2.24, 2.45) is 0 Å². The molecular formula is C13H17F2NO2. The number of nitrogens with one attached hydrogen (secondary N) is 1. The number of halogens is 2. The van der Waals surface area contributed by atoms with Gasteiger partial charge in [-0.1, -0.05) is 13.8 Å². The summed E-state index contributed by atoms with van der Waals surface area (Å²) >= 11 is 0. The highest BCUT2D eigenvalue weighted by Gasteiger charge is 2.21. The molecule has 100 valence electrons. The number of Topliss-reactive ketones (excluding diaryl/α,β-unsaturated/α-hetero) is 1. The van der Waals surface area contributed by atoms with Crippen LogP contribution in [0.2, 0.25) is 0 Å². The van der Waals surface area contributed by atoms with Crippen molar-refractivity contribution < 1.29 is 18.7 Å². The van der Waals surface area contributed by atoms with Crippen LogP contribution < -0.4 is 5.32 Å². The normalized spacial score (nSPS) is 11.3. The van der Waals surface area contributed by atoms with Crippen LogP contribution in [0.5, 0.6) is 5.75 Å². The standard InChI is InChI=1S/C13H17F2NO2/c1-7(2)8-4-9(11(17)6-16-3)12(18)10(5-8)13(14)15/h4-5,7,13,16,18H,6H2,1-3H3. The Morgan fingerprint density at radius 1 is 1.39 bits per heavy atom. The van der Waals surface area contributed by atoms with Crippen molar-refractivity contribution in [1.82, 2.24) is 5.32 Å². The lowest BCUT2D eigenvalue weighted by molar-refractivity contribution is 0.0989. The predicted octanol–water partition coefficient (Wildman–Crippen LogP) is 2.86. The summed E-state index contributed by atoms with van der Waals surface area (Å²) in [6.45, 7) is 3.68. The van der Waals surface area contributed by atoms with Crippen molar-refractivity contribution in [2.45, 2.75) is 26.2 Å². The molecule has 0 atom stereocenters. The van der Waals surface area contributed by atoms with Crippen LogP contribution in [0.3, 0.4) is 0 Å². The molecule has 3 nitrogen and oxygen atoms in total. The van der Waals surface area contributed by atoms with Gasteiger partial charge in [0.15, 0.2) is 5.78 Å². The number of likely N-dealkylation sites (N-methyl/N-ethyl adjacent to an activating group) is 1. The molecule has 1 aromatic rings. The fraction of sp³-hybridized carbons (Fsp3) is 0.462. The Labute approximate surface area is 105 Å². The maximum absolute atomic E-state index is 12.8. The van der Waals surface area contributed by atoms with Crippen LogP contribution in [-0.4, -0.2) is 24.5 Å². The van der Waals surface area contributed by atoms with Gasteiger partial charge in [-0.25, -0.2) is 8.78 Å². The molecule has 0 saturated heterocycles. The van der Waals surface area contributed by atoms with Gasteiger partial charge in [-0.05, 0) is 30.7 Å². The van der Waals surface area contributed by atoms with Crippen LogP contribution in [-0.2, 0) is 0 Å². The van der Waals surface area contributed by atoms with Gasteiger partial charge in [0, 0.05) is 0 Å². The zero-order chi connectivity index (χ0) is 13.9. The molecule has 1 rings (SSSR count). The zero-order valence-corrected chi connectivity index (χ0v) is 10.6. The lowest BCUT2D eigenvalue weighted by Gasteiger charge is -2.14. The Bertz CT molecular complexity index is 445. The molecule has 1 aromatic carbocycles. The maximum Gasteiger partial charge on any atom is 0.267 e. The van der Waals surface area contributed by atoms with E-state index in [4.69, 9.17) is 0 Å². The van der Waals surface area contributed by atoms with E-state index in [-0.39, 0.29) is 18.0 Å². The molecule has 18 heavy (non-hydrogen) atoms. The third-order valence-corrected chi connectivity index (χ3v) is 2.70. The molecule has 0 amide bonds. The molecule has 0 aliphatic heterocycles. The molecular weight excluding hydrogens is 240 g/mol. The molecule has 0 bridgehead atoms. The molecule has 0 spiro atoms. The topological polar surface area (TPSA) is 49.3 Å². The Morgan fingerprint density at radius 3 is 2.44 bits per heavy atom. The van der Waals surface area contributed by atoms with Gasteiger partial charge >= 0.3 is 0 Å². The average molecular weight is 257 g/mol. The summed E-state index contributed by atoms with van der Waals surface area (Å²) < 4.78 is 25.6. The van der Waals surface area contributed by atoms with Crippen LogP contribution in [0.25, 0.3) is 0 Å². The van der Waals surface area contributed by atoms with Crippen molar-refractivity contribution in [3.05, 3.63) is 28.8 Å². The molecule has 0 aliphatic rings. The predicted molar refractivity (Wildman–Crippen MR) is 65.4 cm³/mol. The van der Waals surface area contributed by atoms with Gasteiger partial charge in [0.1, 0.15) is 5.75 Å². The molecule has 0 aromatic heterocycles. The number of hydrogen-bond donors (Lipinski definition) is 2. The minimum absolute atomic E-state index is 0.00220. The maximum atomic E-state index is 12.8. The zero-order valence-electron chi connectivity index (χ0n) is 10.6. The summed E-state index contributed by atoms with van der Waals surface area (Å²) in [5, 5.41) is 12.4. The summed E-state index contributed by atoms with van der Waals surface area (Å²) in [5.41, 5.74) is 0.0778. The summed E-state index contributed by atoms with van der Waals surface area (Å²) in [5.74, 6) is -1.02. The first kappa shape index (κ1) is 14.6. The lowest BCUT2D eigenvalue weighted by Crippen LogP contribution is -2.19. The highest BCUT2D eigenvalue weighted by molar-refractivity contribution is 6.00. The number of carbonyl (C=O) groups excluding carboxylic acids is 1. The summed E-state index contributed by atoms with van der Waals surface area (Å²) in [6.07, 6.45) is -2.80. The van der Waals surface area contributed by atoms with E-state index in [1.807, 2.05) is 13.8 Å². The van der Waals surface area contributed by atoms with Crippen LogP contribution in [0.4, 0.5) is 8.78 Å². The number of hydrogen-bond acceptors (Lipinski definition) is 3. The Morgan fingerprint density at radius 2 is 2.00 bits per heavy atom. The van der Waals surface area contributed by atoms with Gasteiger partial charge in [-0.3, -0.25) is 4.79 Å². The molecule has 2 N–H and O–H groups in total. The van der Waals surface area contributed by atoms with E-state index < -0.39 is 23.5 Å². The first-order chi connectivity index (χ1) is 8.38. The van der Waals surface area contributed by atoms with Crippen LogP contribution in [0, 0.1) is 0 Å². The second-order valence-corrected chi connectivity index (χ2v) is 4.42. The Hall–Kier alpha value is -1.49. The van der Waals surface area contributed by atoms with Crippen LogP contribution >= 0.6 is 0 Å². The van der Waals surface area contributed by atoms with E-state index in [2.05, 4.69) is 5.32 Å². The van der Waals surface area contributed by atoms with Gasteiger partial charge in [-0.15, -0.1) is 0 Å². The van der Waals surface area contributed by atoms with Gasteiger partial charge in [0.2, 0.25) is 0 Å². The molecule has 0 fully saturated rings. The van der Waals surface area contributed by atoms with Gasteiger partial charge in [-0.2, -0.15) is 0 Å². The minimum Gasteiger partial charge on any atom is -0.507 e. The minimum atomic E-state index is -2.80. The first-order valence-electron chi connectivity index (χ1n) is 5.71. The number of benzene rings is 1. The van der Waals surface area contributed by atoms with Crippen molar-refractivity contribution in [3.63, 3.8) is 0 Å². The highest BCUT2D eigenvalue weighted by Crippen LogP contribution is 2.34. The number of phenols is 1. The monoisotopic (exact) mass is 257 g/mol. The second-order valence-electron chi connectivity index (χ2n) is 4.42. The van der Waals surface area contributed by atoms with E-state index in [0.29, 0.717) is 5.56 Å². The van der Waals surface area contributed by atoms with Crippen molar-refractivity contribution in [1.29, 1.82) is 0 Å². The fourth-order valence-electron chi connectivity index (χ4n) is 1.65. The molecule has 0 radical (unpaired) electrons. The number of aromatic hydroxyl groups is 1. The number of carbonyl (C=O) groups is 1. The molecule has 0 aliphatic carbocycles. The number of rotatable bonds is 5. The van der Waals surface area contributed by atoms with Crippen LogP contribution in [0.15, 0.2) is 12.1 Å². The van der Waals surface area contributed by atoms with Gasteiger partial charge in [0.05, 0.1) is 17.7 Å². The highest BCUT2D eigenvalue weighted by atomic mass is 19.3. The summed E-state index contributed by atoms with van der Waals surface area (Å²) in [4.78, 5) is 11.7. The number of ketones is 1. The quantitative estimate of drug-likeness (QED) is 0.797. The summed E-state index contributed by atoms with van der Waals surface area (Å²) in [6, 6.07) is 2.73. The first-order valence-corrected chi connectivity index (χ1v) is 5.71. The van der Waals surface area contributed by atoms with Crippen molar-refractivity contribution in [3.8, 4) is 5.75 Å². The lowest BCUT2D eigenvalue weighted by atomic mass is 9.95. The SMILES string of the molecule is CNCC(=O)c1cc(C(C)C)cc(C(F)F)c1O. The smallest absolute Gasteiger partial charge is 0.267 e. The van der Waals surface area contributed by atoms with E-state index in [1.165, 1.54) is 12.1 Å². The Kier molecular flexibility index (Phi) is 4.78. The third kappa shape index (κ3) is 3.04. The van der Waals surface area contributed by atoms with E-state index in [0.717, 1.165) is 0 Å². The van der Waals surface area contributed by atoms with Gasteiger partial charge in [0.25, 0.3) is 6.43 Å². The van der Waals surface area contributed by atoms with Gasteiger partial charge < -0.3 is 10.4 Å². The van der Waals surface area contributed by atoms with E-state index in [9.17, 15) is 18.7 Å². The second kappa shape index (κ2) is 5.91. The fourth-order valence-corrected chi connectivity index (χ4v) is 1.65. The molecule has 0 unspecified atom stereocenters. The molecule has 5 heteroatoms. The number of alkyl halides is 2. The molecule has 0 saturated carbocycles. The largest absolute Gasteiger partial charge is 0.507 e. The van der Waals surface area contributed by atoms with E-state index in [1.54, 1.807) is 7.05 Å². The van der Waals surface area contributed by atoms with E-state index >= 15 is 0 Å². The van der Waals surface area contributed by atoms with Crippen molar-refractivity contribution in [2.75, 3.05) is 13.6 Å². The average Bonchev–Trinajstić information content (AvgIpc) is 2.28. The number of phenolic OH excluding ortho intramolecular Hbond substituents is 1. The Balaban J connectivity index is 3.35. The third-order valence-electron chi connectivity index (χ3n) is 2.70. The van der Waals surface area contributed by atoms with Crippen LogP contribution in [0.1, 0.15) is 47.7 Å².